The molecule has 2 aliphatic rings. The topological polar surface area (TPSA) is 65.9 Å². The van der Waals surface area contributed by atoms with Crippen molar-refractivity contribution in [3.8, 4) is 0 Å². The first kappa shape index (κ1) is 31.8. The number of alkyl halides is 3. The van der Waals surface area contributed by atoms with E-state index in [1.807, 2.05) is 38.4 Å². The van der Waals surface area contributed by atoms with Crippen molar-refractivity contribution < 1.29 is 18.0 Å². The molecular formula is C30H45F3N6O. The lowest BCUT2D eigenvalue weighted by atomic mass is 9.99. The number of halogens is 3. The van der Waals surface area contributed by atoms with E-state index in [1.165, 1.54) is 5.69 Å². The normalized spacial score (nSPS) is 19.3. The van der Waals surface area contributed by atoms with Gasteiger partial charge >= 0.3 is 12.1 Å². The van der Waals surface area contributed by atoms with Crippen LogP contribution in [0.1, 0.15) is 38.2 Å². The average molecular weight is 563 g/mol. The third kappa shape index (κ3) is 9.17. The number of hydrogen-bond donors (Lipinski definition) is 2. The Morgan fingerprint density at radius 3 is 2.23 bits per heavy atom. The van der Waals surface area contributed by atoms with Crippen LogP contribution in [0.3, 0.4) is 0 Å². The quantitative estimate of drug-likeness (QED) is 0.313. The highest BCUT2D eigenvalue weighted by molar-refractivity contribution is 5.98. The van der Waals surface area contributed by atoms with Crippen molar-refractivity contribution in [1.29, 1.82) is 5.41 Å². The summed E-state index contributed by atoms with van der Waals surface area (Å²) in [5.74, 6) is -1.77. The van der Waals surface area contributed by atoms with Gasteiger partial charge in [0.1, 0.15) is 0 Å². The SMILES string of the molecule is CC=C(/C=C/CC(CC(=N)c1ccc(N2CCN(C)CC2)cc1)NC)CN(C(=O)C(F)(F)F)C1CCN(C)CC1. The Bertz CT molecular complexity index is 1020. The minimum absolute atomic E-state index is 0.000885. The molecule has 2 aliphatic heterocycles. The molecule has 222 valence electrons. The van der Waals surface area contributed by atoms with Gasteiger partial charge in [0, 0.05) is 62.6 Å². The summed E-state index contributed by atoms with van der Waals surface area (Å²) in [6.45, 7) is 7.12. The molecule has 0 aliphatic carbocycles. The van der Waals surface area contributed by atoms with Crippen molar-refractivity contribution in [2.75, 3.05) is 71.9 Å². The van der Waals surface area contributed by atoms with Gasteiger partial charge in [-0.05, 0) is 83.7 Å². The Hall–Kier alpha value is -2.69. The highest BCUT2D eigenvalue weighted by Crippen LogP contribution is 2.25. The number of carbonyl (C=O) groups is 1. The maximum atomic E-state index is 13.4. The van der Waals surface area contributed by atoms with Gasteiger partial charge in [-0.1, -0.05) is 30.4 Å². The Balaban J connectivity index is 1.57. The number of anilines is 1. The molecule has 0 bridgehead atoms. The number of carbonyl (C=O) groups excluding carboxylic acids is 1. The van der Waals surface area contributed by atoms with Gasteiger partial charge in [0.05, 0.1) is 0 Å². The molecule has 2 N–H and O–H groups in total. The number of amides is 1. The first-order chi connectivity index (χ1) is 19.0. The average Bonchev–Trinajstić information content (AvgIpc) is 2.94. The van der Waals surface area contributed by atoms with Gasteiger partial charge in [0.25, 0.3) is 0 Å². The van der Waals surface area contributed by atoms with Gasteiger partial charge in [-0.15, -0.1) is 0 Å². The Kier molecular flexibility index (Phi) is 11.8. The summed E-state index contributed by atoms with van der Waals surface area (Å²) in [4.78, 5) is 20.1. The van der Waals surface area contributed by atoms with E-state index in [0.717, 1.165) is 36.6 Å². The number of nitrogens with zero attached hydrogens (tertiary/aromatic N) is 4. The molecule has 40 heavy (non-hydrogen) atoms. The third-order valence-electron chi connectivity index (χ3n) is 8.05. The molecule has 1 unspecified atom stereocenters. The van der Waals surface area contributed by atoms with E-state index < -0.39 is 18.1 Å². The largest absolute Gasteiger partial charge is 0.471 e. The molecule has 2 heterocycles. The standard InChI is InChI=1S/C30H45F3N6O/c1-5-23(22-39(29(40)30(31,32)33)27-13-15-36(3)16-14-27)7-6-8-25(35-2)21-28(34)24-9-11-26(12-10-24)38-19-17-37(4)18-20-38/h5-7,9-12,25,27,34-35H,8,13-22H2,1-4H3/b7-6+,23-5?,34-28?. The fourth-order valence-corrected chi connectivity index (χ4v) is 5.26. The summed E-state index contributed by atoms with van der Waals surface area (Å²) in [6, 6.07) is 7.75. The lowest BCUT2D eigenvalue weighted by Gasteiger charge is -2.37. The number of likely N-dealkylation sites (tertiary alicyclic amines) is 1. The zero-order valence-electron chi connectivity index (χ0n) is 24.3. The van der Waals surface area contributed by atoms with Crippen LogP contribution >= 0.6 is 0 Å². The highest BCUT2D eigenvalue weighted by atomic mass is 19.4. The summed E-state index contributed by atoms with van der Waals surface area (Å²) in [5.41, 5.74) is 3.26. The van der Waals surface area contributed by atoms with E-state index in [4.69, 9.17) is 5.41 Å². The monoisotopic (exact) mass is 562 g/mol. The summed E-state index contributed by atoms with van der Waals surface area (Å²) in [5, 5.41) is 11.9. The molecule has 10 heteroatoms. The molecule has 1 aromatic rings. The Labute approximate surface area is 237 Å². The van der Waals surface area contributed by atoms with Crippen LogP contribution < -0.4 is 10.2 Å². The molecule has 3 rings (SSSR count). The number of piperazine rings is 1. The van der Waals surface area contributed by atoms with E-state index in [-0.39, 0.29) is 12.6 Å². The van der Waals surface area contributed by atoms with E-state index in [0.29, 0.717) is 50.1 Å². The maximum absolute atomic E-state index is 13.4. The minimum atomic E-state index is -4.90. The first-order valence-corrected chi connectivity index (χ1v) is 14.2. The van der Waals surface area contributed by atoms with Crippen LogP contribution in [0.15, 0.2) is 48.1 Å². The van der Waals surface area contributed by atoms with Gasteiger partial charge in [-0.25, -0.2) is 0 Å². The number of hydrogen-bond acceptors (Lipinski definition) is 6. The van der Waals surface area contributed by atoms with Crippen LogP contribution in [-0.2, 0) is 4.79 Å². The molecule has 1 amide bonds. The smallest absolute Gasteiger partial charge is 0.369 e. The van der Waals surface area contributed by atoms with Crippen LogP contribution in [0.2, 0.25) is 0 Å². The molecule has 0 radical (unpaired) electrons. The lowest BCUT2D eigenvalue weighted by Crippen LogP contribution is -2.51. The zero-order chi connectivity index (χ0) is 29.3. The number of allylic oxidation sites excluding steroid dienone is 1. The Morgan fingerprint density at radius 2 is 1.68 bits per heavy atom. The summed E-state index contributed by atoms with van der Waals surface area (Å²) in [7, 11) is 5.92. The second kappa shape index (κ2) is 14.8. The lowest BCUT2D eigenvalue weighted by molar-refractivity contribution is -0.188. The molecule has 0 spiro atoms. The molecule has 2 fully saturated rings. The maximum Gasteiger partial charge on any atom is 0.471 e. The molecule has 7 nitrogen and oxygen atoms in total. The summed E-state index contributed by atoms with van der Waals surface area (Å²) < 4.78 is 40.2. The zero-order valence-corrected chi connectivity index (χ0v) is 24.3. The molecule has 2 saturated heterocycles. The number of benzene rings is 1. The van der Waals surface area contributed by atoms with Gasteiger partial charge in [0.2, 0.25) is 0 Å². The molecular weight excluding hydrogens is 517 g/mol. The van der Waals surface area contributed by atoms with Gasteiger partial charge in [-0.3, -0.25) is 4.79 Å². The van der Waals surface area contributed by atoms with Crippen molar-refractivity contribution in [3.63, 3.8) is 0 Å². The van der Waals surface area contributed by atoms with Crippen molar-refractivity contribution in [3.05, 3.63) is 53.6 Å². The summed E-state index contributed by atoms with van der Waals surface area (Å²) in [6.07, 6.45) is 2.78. The number of rotatable bonds is 11. The van der Waals surface area contributed by atoms with Crippen molar-refractivity contribution in [2.45, 2.75) is 50.9 Å². The predicted molar refractivity (Wildman–Crippen MR) is 156 cm³/mol. The van der Waals surface area contributed by atoms with E-state index in [9.17, 15) is 18.0 Å². The van der Waals surface area contributed by atoms with Crippen LogP contribution in [0.4, 0.5) is 18.9 Å². The number of nitrogens with one attached hydrogen (secondary N) is 2. The molecule has 1 atom stereocenters. The van der Waals surface area contributed by atoms with Crippen LogP contribution in [0.25, 0.3) is 0 Å². The predicted octanol–water partition coefficient (Wildman–Crippen LogP) is 4.16. The fraction of sp³-hybridized carbons (Fsp3) is 0.600. The van der Waals surface area contributed by atoms with Crippen molar-refractivity contribution in [1.82, 2.24) is 20.0 Å². The second-order valence-corrected chi connectivity index (χ2v) is 11.0. The number of likely N-dealkylation sites (N-methyl/N-ethyl adjacent to an activating group) is 1. The van der Waals surface area contributed by atoms with Crippen LogP contribution in [0, 0.1) is 5.41 Å². The van der Waals surface area contributed by atoms with Crippen molar-refractivity contribution in [2.24, 2.45) is 0 Å². The minimum Gasteiger partial charge on any atom is -0.369 e. The third-order valence-corrected chi connectivity index (χ3v) is 8.05. The highest BCUT2D eigenvalue weighted by Gasteiger charge is 2.45. The number of piperidine rings is 1. The van der Waals surface area contributed by atoms with Crippen LogP contribution in [-0.4, -0.2) is 112 Å². The molecule has 1 aromatic carbocycles. The van der Waals surface area contributed by atoms with Gasteiger partial charge < -0.3 is 30.3 Å². The summed E-state index contributed by atoms with van der Waals surface area (Å²) >= 11 is 0. The van der Waals surface area contributed by atoms with E-state index in [1.54, 1.807) is 13.0 Å². The van der Waals surface area contributed by atoms with E-state index >= 15 is 0 Å². The van der Waals surface area contributed by atoms with E-state index in [2.05, 4.69) is 39.2 Å². The second-order valence-electron chi connectivity index (χ2n) is 11.0. The van der Waals surface area contributed by atoms with Crippen LogP contribution in [0.5, 0.6) is 0 Å². The van der Waals surface area contributed by atoms with Crippen molar-refractivity contribution >= 4 is 17.3 Å². The first-order valence-electron chi connectivity index (χ1n) is 14.2. The van der Waals surface area contributed by atoms with Gasteiger partial charge in [-0.2, -0.15) is 13.2 Å². The molecule has 0 aromatic heterocycles. The Morgan fingerprint density at radius 1 is 1.07 bits per heavy atom. The van der Waals surface area contributed by atoms with Gasteiger partial charge in [0.15, 0.2) is 0 Å². The fourth-order valence-electron chi connectivity index (χ4n) is 5.26. The molecule has 0 saturated carbocycles.